The molecule has 1 N–H and O–H groups in total. The molecule has 20 heavy (non-hydrogen) atoms. The van der Waals surface area contributed by atoms with Gasteiger partial charge in [-0.15, -0.1) is 0 Å². The fourth-order valence-electron chi connectivity index (χ4n) is 3.45. The summed E-state index contributed by atoms with van der Waals surface area (Å²) in [7, 11) is 0. The first-order chi connectivity index (χ1) is 9.81. The van der Waals surface area contributed by atoms with E-state index in [9.17, 15) is 0 Å². The Morgan fingerprint density at radius 3 is 2.65 bits per heavy atom. The van der Waals surface area contributed by atoms with E-state index in [0.717, 1.165) is 11.6 Å². The monoisotopic (exact) mass is 270 g/mol. The highest BCUT2D eigenvalue weighted by atomic mass is 15.2. The third-order valence-electron chi connectivity index (χ3n) is 4.93. The van der Waals surface area contributed by atoms with Gasteiger partial charge in [0.1, 0.15) is 5.65 Å². The van der Waals surface area contributed by atoms with Crippen molar-refractivity contribution in [3.8, 4) is 0 Å². The van der Waals surface area contributed by atoms with Gasteiger partial charge in [-0.1, -0.05) is 12.8 Å². The van der Waals surface area contributed by atoms with Gasteiger partial charge in [-0.05, 0) is 44.6 Å². The lowest BCUT2D eigenvalue weighted by Crippen LogP contribution is -2.28. The molecule has 2 saturated carbocycles. The SMILES string of the molecule is Cc1cn(C2CCCC2)c2nc(NC3CCC3)ncc12. The van der Waals surface area contributed by atoms with Gasteiger partial charge in [0.25, 0.3) is 0 Å². The number of nitrogens with one attached hydrogen (secondary N) is 1. The number of aromatic nitrogens is 3. The fraction of sp³-hybridized carbons (Fsp3) is 0.625. The van der Waals surface area contributed by atoms with Crippen molar-refractivity contribution in [1.82, 2.24) is 14.5 Å². The Hall–Kier alpha value is -1.58. The molecule has 2 fully saturated rings. The lowest BCUT2D eigenvalue weighted by atomic mass is 9.93. The van der Waals surface area contributed by atoms with E-state index in [-0.39, 0.29) is 0 Å². The van der Waals surface area contributed by atoms with Gasteiger partial charge < -0.3 is 9.88 Å². The Balaban J connectivity index is 1.72. The van der Waals surface area contributed by atoms with Gasteiger partial charge in [-0.25, -0.2) is 4.98 Å². The quantitative estimate of drug-likeness (QED) is 0.922. The Morgan fingerprint density at radius 2 is 1.95 bits per heavy atom. The fourth-order valence-corrected chi connectivity index (χ4v) is 3.45. The summed E-state index contributed by atoms with van der Waals surface area (Å²) in [5, 5.41) is 4.67. The zero-order valence-electron chi connectivity index (χ0n) is 12.1. The number of aryl methyl sites for hydroxylation is 1. The first-order valence-electron chi connectivity index (χ1n) is 7.92. The van der Waals surface area contributed by atoms with Crippen LogP contribution in [0, 0.1) is 6.92 Å². The number of hydrogen-bond donors (Lipinski definition) is 1. The second-order valence-corrected chi connectivity index (χ2v) is 6.36. The van der Waals surface area contributed by atoms with Crippen LogP contribution in [0.5, 0.6) is 0 Å². The molecule has 4 rings (SSSR count). The molecular weight excluding hydrogens is 248 g/mol. The highest BCUT2D eigenvalue weighted by Gasteiger charge is 2.22. The third kappa shape index (κ3) is 1.98. The van der Waals surface area contributed by atoms with Gasteiger partial charge in [-0.2, -0.15) is 4.98 Å². The minimum Gasteiger partial charge on any atom is -0.351 e. The van der Waals surface area contributed by atoms with Gasteiger partial charge in [0.15, 0.2) is 0 Å². The molecule has 0 bridgehead atoms. The maximum atomic E-state index is 4.80. The van der Waals surface area contributed by atoms with Crippen molar-refractivity contribution in [2.75, 3.05) is 5.32 Å². The summed E-state index contributed by atoms with van der Waals surface area (Å²) in [6.45, 7) is 2.16. The van der Waals surface area contributed by atoms with Crippen LogP contribution in [0.15, 0.2) is 12.4 Å². The van der Waals surface area contributed by atoms with Crippen LogP contribution in [-0.4, -0.2) is 20.6 Å². The number of fused-ring (bicyclic) bond motifs is 1. The van der Waals surface area contributed by atoms with Crippen molar-refractivity contribution in [2.45, 2.75) is 64.0 Å². The lowest BCUT2D eigenvalue weighted by molar-refractivity contribution is 0.443. The summed E-state index contributed by atoms with van der Waals surface area (Å²) in [5.74, 6) is 0.805. The van der Waals surface area contributed by atoms with Crippen molar-refractivity contribution >= 4 is 17.0 Å². The molecule has 4 nitrogen and oxygen atoms in total. The van der Waals surface area contributed by atoms with Crippen molar-refractivity contribution in [1.29, 1.82) is 0 Å². The Morgan fingerprint density at radius 1 is 1.15 bits per heavy atom. The molecule has 2 aliphatic rings. The Bertz CT molecular complexity index is 621. The number of rotatable bonds is 3. The zero-order valence-corrected chi connectivity index (χ0v) is 12.1. The van der Waals surface area contributed by atoms with E-state index in [1.807, 2.05) is 6.20 Å². The first kappa shape index (κ1) is 12.2. The molecule has 0 aromatic carbocycles. The summed E-state index contributed by atoms with van der Waals surface area (Å²) in [4.78, 5) is 9.30. The average molecular weight is 270 g/mol. The topological polar surface area (TPSA) is 42.7 Å². The van der Waals surface area contributed by atoms with Crippen molar-refractivity contribution in [3.05, 3.63) is 18.0 Å². The van der Waals surface area contributed by atoms with Crippen LogP contribution >= 0.6 is 0 Å². The molecule has 0 unspecified atom stereocenters. The third-order valence-corrected chi connectivity index (χ3v) is 4.93. The largest absolute Gasteiger partial charge is 0.351 e. The predicted molar refractivity (Wildman–Crippen MR) is 81.0 cm³/mol. The van der Waals surface area contributed by atoms with Crippen LogP contribution < -0.4 is 5.32 Å². The van der Waals surface area contributed by atoms with Crippen molar-refractivity contribution in [2.24, 2.45) is 0 Å². The normalized spacial score (nSPS) is 20.4. The maximum Gasteiger partial charge on any atom is 0.224 e. The molecular formula is C16H22N4. The molecule has 0 aliphatic heterocycles. The summed E-state index contributed by atoms with van der Waals surface area (Å²) in [6, 6.07) is 1.22. The Labute approximate surface area is 119 Å². The second kappa shape index (κ2) is 4.76. The minimum atomic E-state index is 0.587. The van der Waals surface area contributed by atoms with E-state index in [4.69, 9.17) is 4.98 Å². The van der Waals surface area contributed by atoms with E-state index < -0.39 is 0 Å². The van der Waals surface area contributed by atoms with E-state index in [1.54, 1.807) is 0 Å². The van der Waals surface area contributed by atoms with Gasteiger partial charge in [0.05, 0.1) is 0 Å². The molecule has 2 aromatic heterocycles. The van der Waals surface area contributed by atoms with Gasteiger partial charge >= 0.3 is 0 Å². The first-order valence-corrected chi connectivity index (χ1v) is 7.92. The van der Waals surface area contributed by atoms with Crippen molar-refractivity contribution < 1.29 is 0 Å². The van der Waals surface area contributed by atoms with Crippen LogP contribution in [0.25, 0.3) is 11.0 Å². The molecule has 0 atom stereocenters. The van der Waals surface area contributed by atoms with E-state index in [1.165, 1.54) is 55.9 Å². The molecule has 0 saturated heterocycles. The van der Waals surface area contributed by atoms with Gasteiger partial charge in [-0.3, -0.25) is 0 Å². The highest BCUT2D eigenvalue weighted by molar-refractivity contribution is 5.80. The van der Waals surface area contributed by atoms with E-state index >= 15 is 0 Å². The second-order valence-electron chi connectivity index (χ2n) is 6.36. The number of hydrogen-bond acceptors (Lipinski definition) is 3. The van der Waals surface area contributed by atoms with Crippen LogP contribution in [0.3, 0.4) is 0 Å². The molecule has 2 aliphatic carbocycles. The molecule has 2 heterocycles. The van der Waals surface area contributed by atoms with Gasteiger partial charge in [0.2, 0.25) is 5.95 Å². The van der Waals surface area contributed by atoms with E-state index in [0.29, 0.717) is 12.1 Å². The molecule has 0 radical (unpaired) electrons. The molecule has 4 heteroatoms. The van der Waals surface area contributed by atoms with E-state index in [2.05, 4.69) is 28.0 Å². The van der Waals surface area contributed by atoms with Crippen LogP contribution in [0.1, 0.15) is 56.6 Å². The minimum absolute atomic E-state index is 0.587. The van der Waals surface area contributed by atoms with Crippen LogP contribution in [0.2, 0.25) is 0 Å². The molecule has 0 spiro atoms. The summed E-state index contributed by atoms with van der Waals surface area (Å²) in [5.41, 5.74) is 2.41. The number of anilines is 1. The smallest absolute Gasteiger partial charge is 0.224 e. The lowest BCUT2D eigenvalue weighted by Gasteiger charge is -2.26. The summed E-state index contributed by atoms with van der Waals surface area (Å²) < 4.78 is 2.39. The van der Waals surface area contributed by atoms with Crippen LogP contribution in [-0.2, 0) is 0 Å². The standard InChI is InChI=1S/C16H22N4/c1-11-10-20(13-7-2-3-8-13)15-14(11)9-17-16(19-15)18-12-5-4-6-12/h9-10,12-13H,2-8H2,1H3,(H,17,18,19). The number of nitrogens with zero attached hydrogens (tertiary/aromatic N) is 3. The summed E-state index contributed by atoms with van der Waals surface area (Å²) >= 11 is 0. The van der Waals surface area contributed by atoms with Crippen LogP contribution in [0.4, 0.5) is 5.95 Å². The zero-order chi connectivity index (χ0) is 13.5. The molecule has 2 aromatic rings. The summed E-state index contributed by atoms with van der Waals surface area (Å²) in [6.07, 6.45) is 13.4. The average Bonchev–Trinajstić information content (AvgIpc) is 3.02. The molecule has 0 amide bonds. The molecule has 106 valence electrons. The Kier molecular flexibility index (Phi) is 2.90. The predicted octanol–water partition coefficient (Wildman–Crippen LogP) is 3.82. The van der Waals surface area contributed by atoms with Crippen molar-refractivity contribution in [3.63, 3.8) is 0 Å². The highest BCUT2D eigenvalue weighted by Crippen LogP contribution is 2.33. The maximum absolute atomic E-state index is 4.80. The van der Waals surface area contributed by atoms with Gasteiger partial charge in [0, 0.05) is 29.9 Å².